The molecule has 142 valence electrons. The van der Waals surface area contributed by atoms with Crippen molar-refractivity contribution in [2.75, 3.05) is 6.54 Å². The fourth-order valence-electron chi connectivity index (χ4n) is 3.68. The van der Waals surface area contributed by atoms with Gasteiger partial charge in [0.1, 0.15) is 5.69 Å². The average Bonchev–Trinajstić information content (AvgIpc) is 3.08. The fraction of sp³-hybridized carbons (Fsp3) is 0.389. The summed E-state index contributed by atoms with van der Waals surface area (Å²) < 4.78 is 37.3. The summed E-state index contributed by atoms with van der Waals surface area (Å²) in [4.78, 5) is 30.8. The van der Waals surface area contributed by atoms with Gasteiger partial charge in [0.05, 0.1) is 16.4 Å². The highest BCUT2D eigenvalue weighted by Gasteiger charge is 2.54. The van der Waals surface area contributed by atoms with Crippen molar-refractivity contribution < 1.29 is 22.8 Å². The lowest BCUT2D eigenvalue weighted by molar-refractivity contribution is -0.173. The third-order valence-electron chi connectivity index (χ3n) is 5.01. The summed E-state index contributed by atoms with van der Waals surface area (Å²) in [5.41, 5.74) is 2.78. The summed E-state index contributed by atoms with van der Waals surface area (Å²) in [6.45, 7) is -0.206. The molecule has 2 fully saturated rings. The molecule has 1 saturated heterocycles. The molecule has 2 amide bonds. The van der Waals surface area contributed by atoms with Crippen molar-refractivity contribution >= 4 is 23.2 Å². The molecule has 0 spiro atoms. The van der Waals surface area contributed by atoms with E-state index in [0.29, 0.717) is 18.0 Å². The summed E-state index contributed by atoms with van der Waals surface area (Å²) >= 11 is 1.35. The van der Waals surface area contributed by atoms with Crippen LogP contribution in [0.2, 0.25) is 0 Å². The molecule has 1 aliphatic carbocycles. The van der Waals surface area contributed by atoms with Gasteiger partial charge in [-0.15, -0.1) is 11.3 Å². The first-order valence-corrected chi connectivity index (χ1v) is 9.41. The average molecular weight is 395 g/mol. The number of hydrogen-bond donors (Lipinski definition) is 1. The van der Waals surface area contributed by atoms with E-state index in [1.54, 1.807) is 10.4 Å². The van der Waals surface area contributed by atoms with Gasteiger partial charge in [0.2, 0.25) is 0 Å². The zero-order chi connectivity index (χ0) is 19.2. The molecule has 1 aromatic heterocycles. The Morgan fingerprint density at radius 2 is 1.96 bits per heavy atom. The third kappa shape index (κ3) is 3.43. The zero-order valence-electron chi connectivity index (χ0n) is 14.1. The van der Waals surface area contributed by atoms with E-state index < -0.39 is 18.1 Å². The van der Waals surface area contributed by atoms with Gasteiger partial charge in [-0.2, -0.15) is 13.2 Å². The lowest BCUT2D eigenvalue weighted by Gasteiger charge is -2.27. The number of benzene rings is 1. The van der Waals surface area contributed by atoms with Gasteiger partial charge < -0.3 is 10.2 Å². The highest BCUT2D eigenvalue weighted by Crippen LogP contribution is 2.48. The minimum Gasteiger partial charge on any atom is -0.346 e. The van der Waals surface area contributed by atoms with E-state index in [4.69, 9.17) is 0 Å². The molecule has 3 atom stereocenters. The van der Waals surface area contributed by atoms with E-state index in [0.717, 1.165) is 16.9 Å². The minimum atomic E-state index is -4.92. The second-order valence-corrected chi connectivity index (χ2v) is 7.62. The van der Waals surface area contributed by atoms with Gasteiger partial charge in [0.15, 0.2) is 0 Å². The molecule has 1 saturated carbocycles. The molecule has 2 aliphatic rings. The molecule has 9 heteroatoms. The number of carbonyl (C=O) groups excluding carboxylic acids is 2. The topological polar surface area (TPSA) is 62.3 Å². The Morgan fingerprint density at radius 3 is 2.67 bits per heavy atom. The van der Waals surface area contributed by atoms with E-state index in [-0.39, 0.29) is 18.5 Å². The van der Waals surface area contributed by atoms with Crippen LogP contribution in [0.25, 0.3) is 10.4 Å². The Hall–Kier alpha value is -2.42. The highest BCUT2D eigenvalue weighted by atomic mass is 32.1. The van der Waals surface area contributed by atoms with Crippen molar-refractivity contribution in [3.05, 3.63) is 41.5 Å². The number of amides is 2. The monoisotopic (exact) mass is 395 g/mol. The smallest absolute Gasteiger partial charge is 0.346 e. The second-order valence-electron chi connectivity index (χ2n) is 6.77. The summed E-state index contributed by atoms with van der Waals surface area (Å²) in [6.07, 6.45) is -3.48. The SMILES string of the molecule is O=C(c1ncsc1-c1ccccc1)N1C2C[C@H]2C[C@H]1CNC(=O)C(F)(F)F. The maximum atomic E-state index is 13.1. The number of fused-ring (bicyclic) bond motifs is 1. The molecule has 2 aromatic rings. The molecule has 1 aliphatic heterocycles. The Kier molecular flexibility index (Phi) is 4.41. The molecule has 1 aromatic carbocycles. The number of rotatable bonds is 4. The van der Waals surface area contributed by atoms with Gasteiger partial charge in [0.25, 0.3) is 5.91 Å². The van der Waals surface area contributed by atoms with Gasteiger partial charge in [-0.3, -0.25) is 9.59 Å². The first-order chi connectivity index (χ1) is 12.9. The Labute approximate surface area is 157 Å². The van der Waals surface area contributed by atoms with E-state index in [1.807, 2.05) is 35.6 Å². The summed E-state index contributed by atoms with van der Waals surface area (Å²) in [6, 6.07) is 8.95. The van der Waals surface area contributed by atoms with E-state index >= 15 is 0 Å². The predicted octanol–water partition coefficient (Wildman–Crippen LogP) is 3.09. The van der Waals surface area contributed by atoms with Crippen LogP contribution in [-0.4, -0.2) is 46.5 Å². The van der Waals surface area contributed by atoms with Gasteiger partial charge in [-0.05, 0) is 24.3 Å². The third-order valence-corrected chi connectivity index (χ3v) is 5.88. The summed E-state index contributed by atoms with van der Waals surface area (Å²) in [7, 11) is 0. The van der Waals surface area contributed by atoms with Gasteiger partial charge >= 0.3 is 12.1 Å². The first-order valence-electron chi connectivity index (χ1n) is 8.53. The van der Waals surface area contributed by atoms with E-state index in [9.17, 15) is 22.8 Å². The number of carbonyl (C=O) groups is 2. The van der Waals surface area contributed by atoms with E-state index in [2.05, 4.69) is 4.98 Å². The van der Waals surface area contributed by atoms with Crippen LogP contribution in [0.15, 0.2) is 35.8 Å². The van der Waals surface area contributed by atoms with Crippen molar-refractivity contribution in [3.63, 3.8) is 0 Å². The quantitative estimate of drug-likeness (QED) is 0.866. The van der Waals surface area contributed by atoms with Gasteiger partial charge in [-0.1, -0.05) is 30.3 Å². The Balaban J connectivity index is 1.53. The normalized spacial score (nSPS) is 23.8. The van der Waals surface area contributed by atoms with Crippen LogP contribution in [0, 0.1) is 5.92 Å². The highest BCUT2D eigenvalue weighted by molar-refractivity contribution is 7.13. The summed E-state index contributed by atoms with van der Waals surface area (Å²) in [5.74, 6) is -1.97. The van der Waals surface area contributed by atoms with Gasteiger partial charge in [-0.25, -0.2) is 4.98 Å². The van der Waals surface area contributed by atoms with Gasteiger partial charge in [0, 0.05) is 12.6 Å². The minimum absolute atomic E-state index is 0.0237. The number of piperidine rings is 1. The van der Waals surface area contributed by atoms with Crippen molar-refractivity contribution in [1.29, 1.82) is 0 Å². The molecule has 1 N–H and O–H groups in total. The number of nitrogens with one attached hydrogen (secondary N) is 1. The molecule has 0 radical (unpaired) electrons. The fourth-order valence-corrected chi connectivity index (χ4v) is 4.47. The molecular formula is C18H16F3N3O2S. The molecular weight excluding hydrogens is 379 g/mol. The van der Waals surface area contributed by atoms with Crippen LogP contribution >= 0.6 is 11.3 Å². The van der Waals surface area contributed by atoms with Crippen LogP contribution in [-0.2, 0) is 4.79 Å². The molecule has 27 heavy (non-hydrogen) atoms. The zero-order valence-corrected chi connectivity index (χ0v) is 14.9. The summed E-state index contributed by atoms with van der Waals surface area (Å²) in [5, 5.41) is 1.91. The number of aromatic nitrogens is 1. The molecule has 5 nitrogen and oxygen atoms in total. The number of halogens is 3. The maximum absolute atomic E-state index is 13.1. The largest absolute Gasteiger partial charge is 0.471 e. The lowest BCUT2D eigenvalue weighted by atomic mass is 10.1. The van der Waals surface area contributed by atoms with Crippen LogP contribution in [0.4, 0.5) is 13.2 Å². The first kappa shape index (κ1) is 18.0. The van der Waals surface area contributed by atoms with Crippen molar-refractivity contribution in [1.82, 2.24) is 15.2 Å². The Morgan fingerprint density at radius 1 is 1.22 bits per heavy atom. The Bertz CT molecular complexity index is 868. The predicted molar refractivity (Wildman–Crippen MR) is 93.1 cm³/mol. The van der Waals surface area contributed by atoms with Crippen molar-refractivity contribution in [3.8, 4) is 10.4 Å². The molecule has 0 bridgehead atoms. The molecule has 2 heterocycles. The maximum Gasteiger partial charge on any atom is 0.471 e. The number of likely N-dealkylation sites (tertiary alicyclic amines) is 1. The van der Waals surface area contributed by atoms with E-state index in [1.165, 1.54) is 11.3 Å². The van der Waals surface area contributed by atoms with Crippen LogP contribution < -0.4 is 5.32 Å². The number of hydrogen-bond acceptors (Lipinski definition) is 4. The second kappa shape index (κ2) is 6.63. The van der Waals surface area contributed by atoms with Crippen LogP contribution in [0.3, 0.4) is 0 Å². The molecule has 4 rings (SSSR count). The number of alkyl halides is 3. The lowest BCUT2D eigenvalue weighted by Crippen LogP contribution is -2.48. The van der Waals surface area contributed by atoms with Crippen molar-refractivity contribution in [2.45, 2.75) is 31.1 Å². The molecule has 1 unspecified atom stereocenters. The van der Waals surface area contributed by atoms with Crippen LogP contribution in [0.5, 0.6) is 0 Å². The number of thiazole rings is 1. The standard InChI is InChI=1S/C18H16F3N3O2S/c19-18(20,21)17(26)22-8-12-6-11-7-13(11)24(12)16(25)14-15(27-9-23-14)10-4-2-1-3-5-10/h1-5,9,11-13H,6-8H2,(H,22,26)/t11-,12+,13?/m1/s1. The van der Waals surface area contributed by atoms with Crippen LogP contribution in [0.1, 0.15) is 23.3 Å². The number of nitrogens with zero attached hydrogens (tertiary/aromatic N) is 2. The van der Waals surface area contributed by atoms with Crippen molar-refractivity contribution in [2.24, 2.45) is 5.92 Å².